The smallest absolute Gasteiger partial charge is 0.394 e. The second-order valence-electron chi connectivity index (χ2n) is 10.6. The number of hydrogen-bond donors (Lipinski definition) is 4. The Hall–Kier alpha value is -1.44. The molecule has 1 aromatic heterocycles. The highest BCUT2D eigenvalue weighted by Crippen LogP contribution is 2.43. The largest absolute Gasteiger partial charge is 0.472 e. The Balaban J connectivity index is 2.00. The standard InChI is InChI=1S/C28H55N4O9P/c1-2-3-4-5-6-7-8-9-10-11-12-13-14-15-16-17-18-38-19-20-40-42(36,37)41-22-26(25(34)21-33)39-24-32-23-30-28(31-32)27(29)35/h23,25-26,33-34H,2-22,24H2,1H3,(H2,29,35)(H,36,37)/t25?,26-/m1/s1. The molecule has 1 amide bonds. The van der Waals surface area contributed by atoms with Crippen molar-refractivity contribution >= 4 is 13.7 Å². The number of ether oxygens (including phenoxy) is 2. The molecule has 2 unspecified atom stereocenters. The summed E-state index contributed by atoms with van der Waals surface area (Å²) in [5.74, 6) is -1.05. The summed E-state index contributed by atoms with van der Waals surface area (Å²) in [7, 11) is -4.44. The zero-order valence-electron chi connectivity index (χ0n) is 25.4. The van der Waals surface area contributed by atoms with Crippen LogP contribution >= 0.6 is 7.82 Å². The molecular weight excluding hydrogens is 567 g/mol. The van der Waals surface area contributed by atoms with E-state index in [2.05, 4.69) is 17.0 Å². The second-order valence-corrected chi connectivity index (χ2v) is 12.0. The average molecular weight is 623 g/mol. The summed E-state index contributed by atoms with van der Waals surface area (Å²) in [6, 6.07) is 0. The van der Waals surface area contributed by atoms with Crippen molar-refractivity contribution in [3.63, 3.8) is 0 Å². The number of unbranched alkanes of at least 4 members (excludes halogenated alkanes) is 15. The van der Waals surface area contributed by atoms with Crippen LogP contribution in [0.5, 0.6) is 0 Å². The molecule has 0 saturated carbocycles. The molecule has 0 bridgehead atoms. The van der Waals surface area contributed by atoms with Gasteiger partial charge in [-0.05, 0) is 6.42 Å². The highest BCUT2D eigenvalue weighted by Gasteiger charge is 2.27. The number of primary amides is 1. The van der Waals surface area contributed by atoms with Crippen LogP contribution in [0.4, 0.5) is 0 Å². The third kappa shape index (κ3) is 20.5. The maximum Gasteiger partial charge on any atom is 0.472 e. The second kappa shape index (κ2) is 24.9. The molecule has 0 aliphatic carbocycles. The van der Waals surface area contributed by atoms with E-state index in [1.54, 1.807) is 0 Å². The predicted molar refractivity (Wildman–Crippen MR) is 159 cm³/mol. The Morgan fingerprint density at radius 3 is 1.95 bits per heavy atom. The molecule has 3 atom stereocenters. The lowest BCUT2D eigenvalue weighted by Gasteiger charge is -2.22. The van der Waals surface area contributed by atoms with Crippen LogP contribution in [0.1, 0.15) is 120 Å². The van der Waals surface area contributed by atoms with E-state index in [1.165, 1.54) is 96.2 Å². The van der Waals surface area contributed by atoms with E-state index in [1.807, 2.05) is 0 Å². The van der Waals surface area contributed by atoms with Gasteiger partial charge >= 0.3 is 7.82 Å². The van der Waals surface area contributed by atoms with E-state index in [0.29, 0.717) is 6.61 Å². The van der Waals surface area contributed by atoms with Gasteiger partial charge in [0.2, 0.25) is 5.82 Å². The van der Waals surface area contributed by atoms with E-state index in [0.717, 1.165) is 17.5 Å². The van der Waals surface area contributed by atoms with Gasteiger partial charge in [0, 0.05) is 6.61 Å². The fourth-order valence-electron chi connectivity index (χ4n) is 4.30. The maximum atomic E-state index is 12.2. The van der Waals surface area contributed by atoms with E-state index in [4.69, 9.17) is 24.3 Å². The van der Waals surface area contributed by atoms with Gasteiger partial charge in [0.15, 0.2) is 0 Å². The zero-order valence-corrected chi connectivity index (χ0v) is 26.3. The van der Waals surface area contributed by atoms with Crippen LogP contribution < -0.4 is 5.73 Å². The van der Waals surface area contributed by atoms with Crippen molar-refractivity contribution in [2.24, 2.45) is 5.73 Å². The number of nitrogens with two attached hydrogens (primary N) is 1. The van der Waals surface area contributed by atoms with Crippen LogP contribution in [0.15, 0.2) is 6.33 Å². The van der Waals surface area contributed by atoms with Gasteiger partial charge in [-0.15, -0.1) is 5.10 Å². The molecule has 1 heterocycles. The summed E-state index contributed by atoms with van der Waals surface area (Å²) in [6.07, 6.45) is 19.4. The molecule has 14 heteroatoms. The van der Waals surface area contributed by atoms with Gasteiger partial charge in [0.05, 0.1) is 26.4 Å². The summed E-state index contributed by atoms with van der Waals surface area (Å²) >= 11 is 0. The molecule has 1 rings (SSSR count). The fraction of sp³-hybridized carbons (Fsp3) is 0.893. The van der Waals surface area contributed by atoms with Gasteiger partial charge < -0.3 is 30.3 Å². The number of amides is 1. The first-order valence-electron chi connectivity index (χ1n) is 15.6. The van der Waals surface area contributed by atoms with Gasteiger partial charge in [0.25, 0.3) is 5.91 Å². The number of hydrogen-bond acceptors (Lipinski definition) is 10. The molecule has 1 aromatic rings. The summed E-state index contributed by atoms with van der Waals surface area (Å²) in [5, 5.41) is 22.9. The van der Waals surface area contributed by atoms with Gasteiger partial charge in [-0.1, -0.05) is 103 Å². The molecular formula is C28H55N4O9P. The fourth-order valence-corrected chi connectivity index (χ4v) is 5.02. The van der Waals surface area contributed by atoms with Gasteiger partial charge in [-0.2, -0.15) is 0 Å². The number of rotatable bonds is 30. The van der Waals surface area contributed by atoms with E-state index >= 15 is 0 Å². The number of carbonyl (C=O) groups excluding carboxylic acids is 1. The van der Waals surface area contributed by atoms with Crippen molar-refractivity contribution in [2.45, 2.75) is 129 Å². The van der Waals surface area contributed by atoms with E-state index in [-0.39, 0.29) is 25.8 Å². The predicted octanol–water partition coefficient (Wildman–Crippen LogP) is 4.48. The third-order valence-electron chi connectivity index (χ3n) is 6.82. The molecule has 0 aromatic carbocycles. The molecule has 246 valence electrons. The lowest BCUT2D eigenvalue weighted by Crippen LogP contribution is -2.36. The summed E-state index contributed by atoms with van der Waals surface area (Å²) in [5.41, 5.74) is 5.08. The molecule has 42 heavy (non-hydrogen) atoms. The van der Waals surface area contributed by atoms with Crippen molar-refractivity contribution < 1.29 is 43.0 Å². The summed E-state index contributed by atoms with van der Waals surface area (Å²) < 4.78 is 33.9. The summed E-state index contributed by atoms with van der Waals surface area (Å²) in [6.45, 7) is 1.30. The highest BCUT2D eigenvalue weighted by atomic mass is 31.2. The van der Waals surface area contributed by atoms with E-state index in [9.17, 15) is 24.5 Å². The number of aromatic nitrogens is 3. The monoisotopic (exact) mass is 622 g/mol. The molecule has 0 aliphatic rings. The Bertz CT molecular complexity index is 846. The molecule has 0 spiro atoms. The molecule has 5 N–H and O–H groups in total. The number of nitrogens with zero attached hydrogens (tertiary/aromatic N) is 3. The molecule has 0 fully saturated rings. The first-order valence-corrected chi connectivity index (χ1v) is 17.1. The number of phosphoric ester groups is 1. The minimum Gasteiger partial charge on any atom is -0.394 e. The van der Waals surface area contributed by atoms with Crippen LogP contribution in [-0.2, 0) is 29.8 Å². The Kier molecular flexibility index (Phi) is 22.9. The van der Waals surface area contributed by atoms with Gasteiger partial charge in [0.1, 0.15) is 25.3 Å². The molecule has 13 nitrogen and oxygen atoms in total. The Labute approximate surface area is 251 Å². The van der Waals surface area contributed by atoms with Gasteiger partial charge in [-0.25, -0.2) is 14.2 Å². The van der Waals surface area contributed by atoms with Crippen molar-refractivity contribution in [3.05, 3.63) is 12.2 Å². The van der Waals surface area contributed by atoms with Crippen molar-refractivity contribution in [2.75, 3.05) is 33.0 Å². The highest BCUT2D eigenvalue weighted by molar-refractivity contribution is 7.47. The average Bonchev–Trinajstić information content (AvgIpc) is 3.45. The lowest BCUT2D eigenvalue weighted by atomic mass is 10.0. The quantitative estimate of drug-likeness (QED) is 0.0699. The lowest BCUT2D eigenvalue weighted by molar-refractivity contribution is -0.102. The van der Waals surface area contributed by atoms with Crippen molar-refractivity contribution in [1.29, 1.82) is 0 Å². The maximum absolute atomic E-state index is 12.2. The Morgan fingerprint density at radius 2 is 1.45 bits per heavy atom. The normalized spacial score (nSPS) is 14.6. The van der Waals surface area contributed by atoms with Crippen molar-refractivity contribution in [3.8, 4) is 0 Å². The minimum atomic E-state index is -4.44. The van der Waals surface area contributed by atoms with Crippen LogP contribution in [0.3, 0.4) is 0 Å². The van der Waals surface area contributed by atoms with Gasteiger partial charge in [-0.3, -0.25) is 13.8 Å². The molecule has 0 saturated heterocycles. The first kappa shape index (κ1) is 38.6. The first-order chi connectivity index (χ1) is 20.3. The number of carbonyl (C=O) groups is 1. The van der Waals surface area contributed by atoms with Crippen LogP contribution in [0.25, 0.3) is 0 Å². The SMILES string of the molecule is CCCCCCCCCCCCCCCCCCOCCOP(=O)(O)OC[C@@H](OCn1cnc(C(N)=O)n1)C(O)CO. The minimum absolute atomic E-state index is 0.139. The summed E-state index contributed by atoms with van der Waals surface area (Å²) in [4.78, 5) is 24.6. The number of phosphoric acid groups is 1. The van der Waals surface area contributed by atoms with Crippen LogP contribution in [0, 0.1) is 0 Å². The number of aliphatic hydroxyl groups excluding tert-OH is 2. The van der Waals surface area contributed by atoms with Crippen molar-refractivity contribution in [1.82, 2.24) is 14.8 Å². The topological polar surface area (TPSA) is 188 Å². The third-order valence-corrected chi connectivity index (χ3v) is 7.80. The van der Waals surface area contributed by atoms with E-state index < -0.39 is 39.2 Å². The number of aliphatic hydroxyl groups is 2. The zero-order chi connectivity index (χ0) is 30.9. The molecule has 0 radical (unpaired) electrons. The van der Waals surface area contributed by atoms with Crippen LogP contribution in [-0.4, -0.2) is 81.0 Å². The van der Waals surface area contributed by atoms with Crippen LogP contribution in [0.2, 0.25) is 0 Å². The molecule has 0 aliphatic heterocycles. The Morgan fingerprint density at radius 1 is 0.905 bits per heavy atom.